The molecular formula is C17H20NO6PS. The first-order valence-electron chi connectivity index (χ1n) is 8.07. The van der Waals surface area contributed by atoms with Crippen LogP contribution in [0.2, 0.25) is 0 Å². The van der Waals surface area contributed by atoms with Gasteiger partial charge in [0.15, 0.2) is 0 Å². The standard InChI is InChI=1S/C17H20NO6PS/c1-3-13-26-25(21,22-4-2)24-17-11-9-16(10-12-17)23-15-7-5-14(6-8-15)18(19)20/h5-12H,3-4,13H2,1-2H3. The summed E-state index contributed by atoms with van der Waals surface area (Å²) in [5, 5.41) is 10.7. The topological polar surface area (TPSA) is 87.9 Å². The molecule has 1 atom stereocenters. The van der Waals surface area contributed by atoms with E-state index in [1.54, 1.807) is 31.2 Å². The minimum atomic E-state index is -3.24. The molecule has 140 valence electrons. The van der Waals surface area contributed by atoms with Crippen molar-refractivity contribution in [3.05, 3.63) is 58.6 Å². The van der Waals surface area contributed by atoms with Gasteiger partial charge < -0.3 is 9.26 Å². The summed E-state index contributed by atoms with van der Waals surface area (Å²) in [6.45, 7) is 0.820. The summed E-state index contributed by atoms with van der Waals surface area (Å²) in [5.41, 5.74) is -0.00245. The molecule has 9 heteroatoms. The molecule has 2 aromatic rings. The maximum Gasteiger partial charge on any atom is 0.440 e. The molecule has 7 nitrogen and oxygen atoms in total. The van der Waals surface area contributed by atoms with E-state index in [0.29, 0.717) is 29.6 Å². The highest BCUT2D eigenvalue weighted by molar-refractivity contribution is 8.55. The van der Waals surface area contributed by atoms with Crippen LogP contribution in [0.4, 0.5) is 5.69 Å². The zero-order chi connectivity index (χ0) is 19.0. The maximum atomic E-state index is 12.6. The van der Waals surface area contributed by atoms with Gasteiger partial charge in [-0.05, 0) is 61.1 Å². The lowest BCUT2D eigenvalue weighted by molar-refractivity contribution is -0.384. The monoisotopic (exact) mass is 397 g/mol. The minimum Gasteiger partial charge on any atom is -0.457 e. The molecule has 0 aliphatic carbocycles. The Kier molecular flexibility index (Phi) is 7.50. The summed E-state index contributed by atoms with van der Waals surface area (Å²) < 4.78 is 29.1. The van der Waals surface area contributed by atoms with Gasteiger partial charge in [0, 0.05) is 17.9 Å². The fourth-order valence-electron chi connectivity index (χ4n) is 1.92. The summed E-state index contributed by atoms with van der Waals surface area (Å²) >= 11 is 1.18. The quantitative estimate of drug-likeness (QED) is 0.274. The molecule has 0 bridgehead atoms. The van der Waals surface area contributed by atoms with Crippen molar-refractivity contribution in [1.82, 2.24) is 0 Å². The van der Waals surface area contributed by atoms with Crippen LogP contribution in [0.1, 0.15) is 20.3 Å². The summed E-state index contributed by atoms with van der Waals surface area (Å²) in [6.07, 6.45) is 0.868. The Morgan fingerprint density at radius 3 is 2.04 bits per heavy atom. The van der Waals surface area contributed by atoms with Gasteiger partial charge in [-0.25, -0.2) is 4.57 Å². The van der Waals surface area contributed by atoms with E-state index < -0.39 is 11.7 Å². The number of hydrogen-bond donors (Lipinski definition) is 0. The third-order valence-corrected chi connectivity index (χ3v) is 7.02. The molecule has 0 heterocycles. The van der Waals surface area contributed by atoms with Crippen molar-refractivity contribution in [1.29, 1.82) is 0 Å². The van der Waals surface area contributed by atoms with Crippen LogP contribution in [-0.4, -0.2) is 17.3 Å². The molecular weight excluding hydrogens is 377 g/mol. The molecule has 0 amide bonds. The Balaban J connectivity index is 2.02. The second-order valence-electron chi connectivity index (χ2n) is 5.11. The van der Waals surface area contributed by atoms with E-state index in [-0.39, 0.29) is 5.69 Å². The molecule has 0 saturated carbocycles. The van der Waals surface area contributed by atoms with Crippen LogP contribution in [0.25, 0.3) is 0 Å². The van der Waals surface area contributed by atoms with E-state index in [1.165, 1.54) is 35.6 Å². The molecule has 0 aliphatic heterocycles. The van der Waals surface area contributed by atoms with Crippen LogP contribution < -0.4 is 9.26 Å². The van der Waals surface area contributed by atoms with E-state index in [4.69, 9.17) is 13.8 Å². The first-order valence-corrected chi connectivity index (χ1v) is 11.2. The number of rotatable bonds is 10. The highest BCUT2D eigenvalue weighted by Gasteiger charge is 2.26. The average Bonchev–Trinajstić information content (AvgIpc) is 2.62. The first kappa shape index (κ1) is 20.3. The third-order valence-electron chi connectivity index (χ3n) is 3.06. The van der Waals surface area contributed by atoms with Crippen LogP contribution in [0.5, 0.6) is 17.2 Å². The van der Waals surface area contributed by atoms with Crippen molar-refractivity contribution in [2.75, 3.05) is 12.4 Å². The SMILES string of the molecule is CCCSP(=O)(OCC)Oc1ccc(Oc2ccc([N+](=O)[O-])cc2)cc1. The lowest BCUT2D eigenvalue weighted by Gasteiger charge is -2.17. The number of nitro groups is 1. The van der Waals surface area contributed by atoms with Crippen molar-refractivity contribution >= 4 is 23.9 Å². The molecule has 0 radical (unpaired) electrons. The van der Waals surface area contributed by atoms with Gasteiger partial charge in [0.2, 0.25) is 0 Å². The van der Waals surface area contributed by atoms with Crippen LogP contribution in [0.3, 0.4) is 0 Å². The zero-order valence-corrected chi connectivity index (χ0v) is 16.2. The Labute approximate surface area is 156 Å². The number of hydrogen-bond acceptors (Lipinski definition) is 7. The summed E-state index contributed by atoms with van der Waals surface area (Å²) in [4.78, 5) is 10.2. The van der Waals surface area contributed by atoms with Gasteiger partial charge in [0.1, 0.15) is 17.2 Å². The normalized spacial score (nSPS) is 13.0. The highest BCUT2D eigenvalue weighted by atomic mass is 32.7. The van der Waals surface area contributed by atoms with E-state index in [0.717, 1.165) is 6.42 Å². The second kappa shape index (κ2) is 9.62. The molecule has 0 aliphatic rings. The Morgan fingerprint density at radius 1 is 1.00 bits per heavy atom. The van der Waals surface area contributed by atoms with Crippen molar-refractivity contribution in [3.8, 4) is 17.2 Å². The van der Waals surface area contributed by atoms with Gasteiger partial charge in [-0.2, -0.15) is 0 Å². The predicted molar refractivity (Wildman–Crippen MR) is 102 cm³/mol. The Morgan fingerprint density at radius 2 is 1.54 bits per heavy atom. The van der Waals surface area contributed by atoms with Crippen LogP contribution >= 0.6 is 18.2 Å². The van der Waals surface area contributed by atoms with E-state index >= 15 is 0 Å². The zero-order valence-electron chi connectivity index (χ0n) is 14.5. The predicted octanol–water partition coefficient (Wildman–Crippen LogP) is 6.05. The van der Waals surface area contributed by atoms with Crippen molar-refractivity contribution < 1.29 is 23.3 Å². The minimum absolute atomic E-state index is 0.00245. The number of nitro benzene ring substituents is 1. The third kappa shape index (κ3) is 6.05. The van der Waals surface area contributed by atoms with E-state index in [9.17, 15) is 14.7 Å². The van der Waals surface area contributed by atoms with Gasteiger partial charge in [0.25, 0.3) is 5.69 Å². The van der Waals surface area contributed by atoms with Crippen LogP contribution in [0.15, 0.2) is 48.5 Å². The number of non-ortho nitro benzene ring substituents is 1. The molecule has 0 spiro atoms. The van der Waals surface area contributed by atoms with Gasteiger partial charge in [-0.1, -0.05) is 6.92 Å². The largest absolute Gasteiger partial charge is 0.457 e. The van der Waals surface area contributed by atoms with Gasteiger partial charge in [0.05, 0.1) is 11.5 Å². The van der Waals surface area contributed by atoms with Crippen molar-refractivity contribution in [3.63, 3.8) is 0 Å². The smallest absolute Gasteiger partial charge is 0.440 e. The fraction of sp³-hybridized carbons (Fsp3) is 0.294. The molecule has 0 N–H and O–H groups in total. The number of benzene rings is 2. The van der Waals surface area contributed by atoms with Crippen molar-refractivity contribution in [2.24, 2.45) is 0 Å². The molecule has 2 aromatic carbocycles. The molecule has 26 heavy (non-hydrogen) atoms. The Bertz CT molecular complexity index is 766. The van der Waals surface area contributed by atoms with Crippen LogP contribution in [0, 0.1) is 10.1 Å². The molecule has 1 unspecified atom stereocenters. The van der Waals surface area contributed by atoms with E-state index in [2.05, 4.69) is 0 Å². The van der Waals surface area contributed by atoms with Gasteiger partial charge >= 0.3 is 6.80 Å². The van der Waals surface area contributed by atoms with Gasteiger partial charge in [-0.3, -0.25) is 14.6 Å². The average molecular weight is 397 g/mol. The van der Waals surface area contributed by atoms with Crippen molar-refractivity contribution in [2.45, 2.75) is 20.3 Å². The fourth-order valence-corrected chi connectivity index (χ4v) is 5.38. The molecule has 0 aromatic heterocycles. The summed E-state index contributed by atoms with van der Waals surface area (Å²) in [6, 6.07) is 12.4. The van der Waals surface area contributed by atoms with Crippen LogP contribution in [-0.2, 0) is 9.09 Å². The van der Waals surface area contributed by atoms with Gasteiger partial charge in [-0.15, -0.1) is 0 Å². The summed E-state index contributed by atoms with van der Waals surface area (Å²) in [7, 11) is 0. The molecule has 0 saturated heterocycles. The molecule has 0 fully saturated rings. The maximum absolute atomic E-state index is 12.6. The summed E-state index contributed by atoms with van der Waals surface area (Å²) in [5.74, 6) is 2.10. The number of ether oxygens (including phenoxy) is 1. The number of nitrogens with zero attached hydrogens (tertiary/aromatic N) is 1. The first-order chi connectivity index (χ1) is 12.5. The van der Waals surface area contributed by atoms with E-state index in [1.807, 2.05) is 6.92 Å². The lowest BCUT2D eigenvalue weighted by atomic mass is 10.3. The lowest BCUT2D eigenvalue weighted by Crippen LogP contribution is -1.96. The second-order valence-corrected chi connectivity index (χ2v) is 9.23. The Hall–Kier alpha value is -2.02. The highest BCUT2D eigenvalue weighted by Crippen LogP contribution is 2.60. The molecule has 2 rings (SSSR count).